The van der Waals surface area contributed by atoms with Crippen LogP contribution in [0, 0.1) is 0 Å². The summed E-state index contributed by atoms with van der Waals surface area (Å²) in [6.45, 7) is 7.19. The van der Waals surface area contributed by atoms with Gasteiger partial charge in [0, 0.05) is 12.0 Å². The fourth-order valence-corrected chi connectivity index (χ4v) is 5.86. The van der Waals surface area contributed by atoms with Crippen LogP contribution < -0.4 is 0 Å². The molecule has 0 radical (unpaired) electrons. The molecule has 37 heavy (non-hydrogen) atoms. The molecule has 0 saturated carbocycles. The number of imidazole rings is 1. The van der Waals surface area contributed by atoms with Crippen molar-refractivity contribution in [3.63, 3.8) is 0 Å². The second-order valence-corrected chi connectivity index (χ2v) is 11.0. The molecule has 3 heterocycles. The summed E-state index contributed by atoms with van der Waals surface area (Å²) in [7, 11) is 0. The summed E-state index contributed by atoms with van der Waals surface area (Å²) in [5, 5.41) is 25.9. The van der Waals surface area contributed by atoms with Crippen LogP contribution in [0.3, 0.4) is 0 Å². The van der Waals surface area contributed by atoms with Crippen LogP contribution >= 0.6 is 23.5 Å². The molecule has 0 spiro atoms. The Hall–Kier alpha value is -3.24. The monoisotopic (exact) mass is 530 g/mol. The van der Waals surface area contributed by atoms with Gasteiger partial charge in [-0.05, 0) is 39.8 Å². The summed E-state index contributed by atoms with van der Waals surface area (Å²) in [5.74, 6) is 3.52. The molecule has 10 heteroatoms. The number of nitrogens with zero attached hydrogens (tertiary/aromatic N) is 7. The fourth-order valence-electron chi connectivity index (χ4n) is 4.49. The average molecular weight is 531 g/mol. The molecule has 0 unspecified atom stereocenters. The van der Waals surface area contributed by atoms with Crippen molar-refractivity contribution in [3.05, 3.63) is 59.9 Å². The van der Waals surface area contributed by atoms with E-state index in [0.29, 0.717) is 12.4 Å². The number of aryl methyl sites for hydroxylation is 1. The van der Waals surface area contributed by atoms with Gasteiger partial charge in [-0.3, -0.25) is 0 Å². The summed E-state index contributed by atoms with van der Waals surface area (Å²) >= 11 is 3.43. The molecule has 0 saturated heterocycles. The van der Waals surface area contributed by atoms with Gasteiger partial charge >= 0.3 is 0 Å². The average Bonchev–Trinajstić information content (AvgIpc) is 3.59. The first-order valence-electron chi connectivity index (χ1n) is 12.7. The van der Waals surface area contributed by atoms with Gasteiger partial charge in [0.15, 0.2) is 0 Å². The molecule has 5 aromatic rings. The number of aromatic nitrogens is 8. The first-order valence-corrected chi connectivity index (χ1v) is 14.6. The Labute approximate surface area is 225 Å². The first-order chi connectivity index (χ1) is 18.2. The van der Waals surface area contributed by atoms with Crippen LogP contribution in [-0.2, 0) is 13.0 Å². The maximum absolute atomic E-state index is 5.16. The quantitative estimate of drug-likeness (QED) is 0.199. The minimum atomic E-state index is 0.584. The second kappa shape index (κ2) is 11.9. The lowest BCUT2D eigenvalue weighted by Crippen LogP contribution is -2.08. The van der Waals surface area contributed by atoms with E-state index in [9.17, 15) is 0 Å². The van der Waals surface area contributed by atoms with Crippen LogP contribution in [0.4, 0.5) is 0 Å². The number of H-pyrrole nitrogens is 1. The molecule has 190 valence electrons. The number of nitrogens with one attached hydrogen (secondary N) is 1. The van der Waals surface area contributed by atoms with Crippen molar-refractivity contribution in [2.75, 3.05) is 11.5 Å². The number of thioether (sulfide) groups is 2. The van der Waals surface area contributed by atoms with Crippen molar-refractivity contribution in [1.82, 2.24) is 40.4 Å². The molecule has 0 amide bonds. The van der Waals surface area contributed by atoms with E-state index in [2.05, 4.69) is 92.6 Å². The lowest BCUT2D eigenvalue weighted by Gasteiger charge is -2.16. The zero-order chi connectivity index (χ0) is 25.6. The number of benzene rings is 2. The Kier molecular flexibility index (Phi) is 8.15. The minimum absolute atomic E-state index is 0.584. The lowest BCUT2D eigenvalue weighted by molar-refractivity contribution is 0.686. The van der Waals surface area contributed by atoms with E-state index in [1.54, 1.807) is 23.5 Å². The summed E-state index contributed by atoms with van der Waals surface area (Å²) < 4.78 is 2.37. The third kappa shape index (κ3) is 5.26. The van der Waals surface area contributed by atoms with Crippen LogP contribution in [0.25, 0.3) is 33.5 Å². The number of hydrogen-bond acceptors (Lipinski definition) is 8. The number of tetrazole rings is 1. The Morgan fingerprint density at radius 1 is 0.811 bits per heavy atom. The van der Waals surface area contributed by atoms with Crippen molar-refractivity contribution >= 4 is 34.6 Å². The standard InChI is InChI=1S/C27H30N8S2/c1-4-7-16-22-28-23-24(27(37-6-3)32-31-26(23)36-5-2)35(22)17-18-12-8-9-13-19(18)20-14-10-11-15-21(20)25-29-33-34-30-25/h8-15H,4-7,16-17H2,1-3H3,(H,29,30,33,34). The molecule has 5 rings (SSSR count). The molecule has 1 N–H and O–H groups in total. The molecule has 2 aromatic carbocycles. The van der Waals surface area contributed by atoms with Gasteiger partial charge in [-0.15, -0.1) is 43.9 Å². The Bertz CT molecular complexity index is 1480. The SMILES string of the molecule is CCCCc1nc2c(SCC)nnc(SCC)c2n1Cc1ccccc1-c1ccccc1-c1nn[nH]n1. The largest absolute Gasteiger partial charge is 0.321 e. The molecule has 0 aliphatic rings. The smallest absolute Gasteiger partial charge is 0.205 e. The van der Waals surface area contributed by atoms with E-state index in [4.69, 9.17) is 4.98 Å². The van der Waals surface area contributed by atoms with Gasteiger partial charge < -0.3 is 4.57 Å². The molecule has 0 atom stereocenters. The normalized spacial score (nSPS) is 11.4. The van der Waals surface area contributed by atoms with Crippen LogP contribution in [0.2, 0.25) is 0 Å². The van der Waals surface area contributed by atoms with Gasteiger partial charge in [0.2, 0.25) is 5.82 Å². The molecule has 0 bridgehead atoms. The Morgan fingerprint density at radius 2 is 1.51 bits per heavy atom. The highest BCUT2D eigenvalue weighted by Gasteiger charge is 2.21. The fraction of sp³-hybridized carbons (Fsp3) is 0.333. The summed E-state index contributed by atoms with van der Waals surface area (Å²) in [5.41, 5.74) is 6.41. The lowest BCUT2D eigenvalue weighted by atomic mass is 9.95. The molecule has 0 aliphatic carbocycles. The molecular weight excluding hydrogens is 500 g/mol. The van der Waals surface area contributed by atoms with Gasteiger partial charge in [-0.25, -0.2) is 4.98 Å². The Balaban J connectivity index is 1.68. The van der Waals surface area contributed by atoms with Crippen LogP contribution in [0.1, 0.15) is 45.0 Å². The van der Waals surface area contributed by atoms with Crippen molar-refractivity contribution in [2.24, 2.45) is 0 Å². The van der Waals surface area contributed by atoms with Crippen molar-refractivity contribution < 1.29 is 0 Å². The van der Waals surface area contributed by atoms with Gasteiger partial charge in [0.05, 0.1) is 6.54 Å². The van der Waals surface area contributed by atoms with E-state index < -0.39 is 0 Å². The highest BCUT2D eigenvalue weighted by molar-refractivity contribution is 7.99. The molecule has 3 aromatic heterocycles. The first kappa shape index (κ1) is 25.4. The topological polar surface area (TPSA) is 98.1 Å². The van der Waals surface area contributed by atoms with Crippen molar-refractivity contribution in [2.45, 2.75) is 56.6 Å². The van der Waals surface area contributed by atoms with E-state index >= 15 is 0 Å². The van der Waals surface area contributed by atoms with Gasteiger partial charge in [0.1, 0.15) is 26.9 Å². The Morgan fingerprint density at radius 3 is 2.24 bits per heavy atom. The highest BCUT2D eigenvalue weighted by Crippen LogP contribution is 2.36. The van der Waals surface area contributed by atoms with Crippen molar-refractivity contribution in [1.29, 1.82) is 0 Å². The predicted octanol–water partition coefficient (Wildman–Crippen LogP) is 6.29. The van der Waals surface area contributed by atoms with E-state index in [0.717, 1.165) is 74.4 Å². The van der Waals surface area contributed by atoms with Crippen LogP contribution in [0.5, 0.6) is 0 Å². The maximum atomic E-state index is 5.16. The third-order valence-electron chi connectivity index (χ3n) is 6.15. The number of aromatic amines is 1. The van der Waals surface area contributed by atoms with Gasteiger partial charge in [0.25, 0.3) is 0 Å². The van der Waals surface area contributed by atoms with Crippen LogP contribution in [0.15, 0.2) is 58.6 Å². The van der Waals surface area contributed by atoms with E-state index in [1.807, 2.05) is 12.1 Å². The third-order valence-corrected chi connectivity index (χ3v) is 7.82. The maximum Gasteiger partial charge on any atom is 0.205 e. The number of hydrogen-bond donors (Lipinski definition) is 1. The predicted molar refractivity (Wildman–Crippen MR) is 151 cm³/mol. The molecule has 0 fully saturated rings. The number of rotatable bonds is 11. The molecule has 8 nitrogen and oxygen atoms in total. The van der Waals surface area contributed by atoms with E-state index in [1.165, 1.54) is 5.56 Å². The highest BCUT2D eigenvalue weighted by atomic mass is 32.2. The summed E-state index contributed by atoms with van der Waals surface area (Å²) in [6, 6.07) is 16.7. The van der Waals surface area contributed by atoms with Gasteiger partial charge in [-0.2, -0.15) is 5.21 Å². The second-order valence-electron chi connectivity index (χ2n) is 8.53. The summed E-state index contributed by atoms with van der Waals surface area (Å²) in [4.78, 5) is 5.16. The minimum Gasteiger partial charge on any atom is -0.321 e. The van der Waals surface area contributed by atoms with Crippen molar-refractivity contribution in [3.8, 4) is 22.5 Å². The number of unbranched alkanes of at least 4 members (excludes halogenated alkanes) is 1. The van der Waals surface area contributed by atoms with Gasteiger partial charge in [-0.1, -0.05) is 75.7 Å². The zero-order valence-corrected chi connectivity index (χ0v) is 22.9. The summed E-state index contributed by atoms with van der Waals surface area (Å²) in [6.07, 6.45) is 3.11. The number of fused-ring (bicyclic) bond motifs is 1. The zero-order valence-electron chi connectivity index (χ0n) is 21.3. The van der Waals surface area contributed by atoms with E-state index in [-0.39, 0.29) is 0 Å². The van der Waals surface area contributed by atoms with Crippen LogP contribution in [-0.4, -0.2) is 51.9 Å². The molecule has 0 aliphatic heterocycles. The molecular formula is C27H30N8S2.